The molecule has 0 radical (unpaired) electrons. The molecule has 0 spiro atoms. The fourth-order valence-electron chi connectivity index (χ4n) is 3.34. The maximum Gasteiger partial charge on any atom is 0.351 e. The summed E-state index contributed by atoms with van der Waals surface area (Å²) in [5, 5.41) is 2.38. The molecule has 0 saturated carbocycles. The molecule has 1 aromatic rings. The average Bonchev–Trinajstić information content (AvgIpc) is 3.04. The van der Waals surface area contributed by atoms with E-state index >= 15 is 0 Å². The summed E-state index contributed by atoms with van der Waals surface area (Å²) in [6.07, 6.45) is -2.31. The number of anilines is 1. The van der Waals surface area contributed by atoms with Gasteiger partial charge in [-0.05, 0) is 19.9 Å². The van der Waals surface area contributed by atoms with Crippen molar-refractivity contribution >= 4 is 26.9 Å². The molecule has 3 rings (SSSR count). The lowest BCUT2D eigenvalue weighted by Crippen LogP contribution is -2.35. The third-order valence-electron chi connectivity index (χ3n) is 4.34. The Morgan fingerprint density at radius 2 is 1.94 bits per heavy atom. The topological polar surface area (TPSA) is 196 Å². The lowest BCUT2D eigenvalue weighted by molar-refractivity contribution is -0.199. The lowest BCUT2D eigenvalue weighted by atomic mass is 10.1. The van der Waals surface area contributed by atoms with Crippen molar-refractivity contribution in [3.63, 3.8) is 0 Å². The molecule has 2 fully saturated rings. The summed E-state index contributed by atoms with van der Waals surface area (Å²) in [6.45, 7) is 3.98. The zero-order valence-electron chi connectivity index (χ0n) is 16.8. The minimum atomic E-state index is -4.79. The number of nitrogens with zero attached hydrogens (tertiary/aromatic N) is 2. The Balaban J connectivity index is 1.81. The van der Waals surface area contributed by atoms with Gasteiger partial charge in [0.15, 0.2) is 17.9 Å². The first-order valence-electron chi connectivity index (χ1n) is 9.05. The Hall–Kier alpha value is -1.47. The summed E-state index contributed by atoms with van der Waals surface area (Å²) < 4.78 is 46.3. The van der Waals surface area contributed by atoms with E-state index in [2.05, 4.69) is 10.3 Å². The normalized spacial score (nSPS) is 29.4. The monoisotopic (exact) mass is 483 g/mol. The van der Waals surface area contributed by atoms with Gasteiger partial charge in [-0.2, -0.15) is 4.98 Å². The van der Waals surface area contributed by atoms with Gasteiger partial charge in [-0.1, -0.05) is 0 Å². The standard InChI is InChI=1S/C15H23N3O11P2/c1-8(19)16-10-4-5-18(14(20)17-10)13-12-11(28-15(2,3)29-12)9(27-13)6-26-31(24,25)7-30(21,22)23/h4-5,9,11-13H,6-7H2,1-3H3,(H,24,25)(H2,21,22,23)(H,16,17,19,20)/t9-,11+,12?,13-/m1/s1. The Kier molecular flexibility index (Phi) is 6.61. The minimum Gasteiger partial charge on any atom is -0.346 e. The second-order valence-corrected chi connectivity index (χ2v) is 11.5. The molecule has 2 unspecified atom stereocenters. The van der Waals surface area contributed by atoms with E-state index in [1.165, 1.54) is 19.2 Å². The third kappa shape index (κ3) is 6.07. The van der Waals surface area contributed by atoms with Crippen LogP contribution in [0.1, 0.15) is 27.0 Å². The van der Waals surface area contributed by atoms with E-state index in [0.717, 1.165) is 4.57 Å². The van der Waals surface area contributed by atoms with E-state index in [1.807, 2.05) is 0 Å². The number of aromatic nitrogens is 2. The van der Waals surface area contributed by atoms with Crippen molar-refractivity contribution < 1.29 is 47.3 Å². The van der Waals surface area contributed by atoms with Gasteiger partial charge in [0.2, 0.25) is 5.91 Å². The molecule has 14 nitrogen and oxygen atoms in total. The fourth-order valence-corrected chi connectivity index (χ4v) is 5.91. The quantitative estimate of drug-likeness (QED) is 0.378. The van der Waals surface area contributed by atoms with Crippen molar-refractivity contribution in [1.82, 2.24) is 9.55 Å². The molecule has 0 bridgehead atoms. The van der Waals surface area contributed by atoms with Crippen molar-refractivity contribution in [1.29, 1.82) is 0 Å². The van der Waals surface area contributed by atoms with Gasteiger partial charge in [-0.25, -0.2) is 4.79 Å². The highest BCUT2D eigenvalue weighted by Crippen LogP contribution is 2.56. The van der Waals surface area contributed by atoms with Crippen molar-refractivity contribution in [3.05, 3.63) is 22.7 Å². The molecular weight excluding hydrogens is 460 g/mol. The van der Waals surface area contributed by atoms with E-state index in [1.54, 1.807) is 13.8 Å². The molecule has 2 saturated heterocycles. The number of ether oxygens (including phenoxy) is 3. The van der Waals surface area contributed by atoms with Gasteiger partial charge >= 0.3 is 20.9 Å². The maximum atomic E-state index is 12.5. The number of nitrogens with one attached hydrogen (secondary N) is 1. The molecule has 174 valence electrons. The minimum absolute atomic E-state index is 0.0470. The van der Waals surface area contributed by atoms with E-state index < -0.39 is 69.6 Å². The number of hydrogen-bond acceptors (Lipinski definition) is 9. The number of rotatable bonds is 7. The third-order valence-corrected chi connectivity index (χ3v) is 7.79. The summed E-state index contributed by atoms with van der Waals surface area (Å²) in [5.74, 6) is -2.76. The highest BCUT2D eigenvalue weighted by molar-refractivity contribution is 7.70. The van der Waals surface area contributed by atoms with Crippen molar-refractivity contribution in [3.8, 4) is 0 Å². The molecule has 0 aromatic carbocycles. The van der Waals surface area contributed by atoms with E-state index in [0.29, 0.717) is 0 Å². The summed E-state index contributed by atoms with van der Waals surface area (Å²) in [4.78, 5) is 54.9. The summed E-state index contributed by atoms with van der Waals surface area (Å²) >= 11 is 0. The fraction of sp³-hybridized carbons (Fsp3) is 0.667. The van der Waals surface area contributed by atoms with Crippen molar-refractivity contribution in [2.24, 2.45) is 0 Å². The molecule has 16 heteroatoms. The molecule has 4 N–H and O–H groups in total. The SMILES string of the molecule is CC(=O)Nc1ccn([C@@H]2O[C@H](COP(=O)(O)CP(=O)(O)O)[C@@H]3OC(C)(C)OC32)c(=O)n1. The maximum absolute atomic E-state index is 12.5. The second-order valence-electron chi connectivity index (χ2n) is 7.55. The van der Waals surface area contributed by atoms with Crippen LogP contribution in [0.15, 0.2) is 17.1 Å². The van der Waals surface area contributed by atoms with Gasteiger partial charge in [-0.15, -0.1) is 0 Å². The van der Waals surface area contributed by atoms with E-state index in [4.69, 9.17) is 28.5 Å². The number of fused-ring (bicyclic) bond motifs is 1. The Morgan fingerprint density at radius 1 is 1.29 bits per heavy atom. The second kappa shape index (κ2) is 8.47. The predicted octanol–water partition coefficient (Wildman–Crippen LogP) is -0.0436. The predicted molar refractivity (Wildman–Crippen MR) is 103 cm³/mol. The van der Waals surface area contributed by atoms with Gasteiger partial charge in [-0.3, -0.25) is 18.5 Å². The zero-order chi connectivity index (χ0) is 23.2. The molecule has 0 aliphatic carbocycles. The van der Waals surface area contributed by atoms with Gasteiger partial charge < -0.3 is 38.7 Å². The number of carbonyl (C=O) groups is 1. The lowest BCUT2D eigenvalue weighted by Gasteiger charge is -2.25. The molecule has 2 aliphatic rings. The summed E-state index contributed by atoms with van der Waals surface area (Å²) in [6, 6.07) is 1.38. The van der Waals surface area contributed by atoms with Crippen LogP contribution in [-0.4, -0.2) is 66.7 Å². The van der Waals surface area contributed by atoms with Crippen LogP contribution in [0, 0.1) is 0 Å². The summed E-state index contributed by atoms with van der Waals surface area (Å²) in [7, 11) is -9.41. The largest absolute Gasteiger partial charge is 0.351 e. The molecule has 3 heterocycles. The smallest absolute Gasteiger partial charge is 0.346 e. The van der Waals surface area contributed by atoms with E-state index in [9.17, 15) is 23.6 Å². The summed E-state index contributed by atoms with van der Waals surface area (Å²) in [5.41, 5.74) is -0.751. The van der Waals surface area contributed by atoms with Crippen LogP contribution in [-0.2, 0) is 32.7 Å². The van der Waals surface area contributed by atoms with Crippen molar-refractivity contribution in [2.45, 2.75) is 51.1 Å². The molecule has 2 aliphatic heterocycles. The number of carbonyl (C=O) groups excluding carboxylic acids is 1. The van der Waals surface area contributed by atoms with Crippen LogP contribution in [0.5, 0.6) is 0 Å². The van der Waals surface area contributed by atoms with Gasteiger partial charge in [0.1, 0.15) is 24.1 Å². The highest BCUT2D eigenvalue weighted by atomic mass is 31.2. The number of amides is 1. The molecule has 1 aromatic heterocycles. The molecule has 31 heavy (non-hydrogen) atoms. The van der Waals surface area contributed by atoms with Crippen LogP contribution in [0.4, 0.5) is 5.82 Å². The molecular formula is C15H23N3O11P2. The highest BCUT2D eigenvalue weighted by Gasteiger charge is 2.56. The first-order chi connectivity index (χ1) is 14.2. The van der Waals surface area contributed by atoms with Crippen LogP contribution in [0.3, 0.4) is 0 Å². The zero-order valence-corrected chi connectivity index (χ0v) is 18.6. The number of hydrogen-bond donors (Lipinski definition) is 4. The van der Waals surface area contributed by atoms with Gasteiger partial charge in [0.25, 0.3) is 0 Å². The first-order valence-corrected chi connectivity index (χ1v) is 12.6. The molecule has 5 atom stereocenters. The van der Waals surface area contributed by atoms with E-state index in [-0.39, 0.29) is 5.82 Å². The van der Waals surface area contributed by atoms with Crippen molar-refractivity contribution in [2.75, 3.05) is 17.8 Å². The Labute approximate surface area is 176 Å². The Morgan fingerprint density at radius 3 is 2.52 bits per heavy atom. The molecule has 1 amide bonds. The average molecular weight is 483 g/mol. The van der Waals surface area contributed by atoms with Crippen LogP contribution >= 0.6 is 15.2 Å². The van der Waals surface area contributed by atoms with Gasteiger partial charge in [0.05, 0.1) is 6.61 Å². The van der Waals surface area contributed by atoms with Crippen LogP contribution < -0.4 is 11.0 Å². The van der Waals surface area contributed by atoms with Crippen LogP contribution in [0.25, 0.3) is 0 Å². The first kappa shape index (κ1) is 24.2. The Bertz CT molecular complexity index is 1010. The van der Waals surface area contributed by atoms with Crippen LogP contribution in [0.2, 0.25) is 0 Å². The van der Waals surface area contributed by atoms with Gasteiger partial charge in [0, 0.05) is 13.1 Å².